The molecule has 0 aromatic carbocycles. The van der Waals surface area contributed by atoms with Crippen molar-refractivity contribution in [1.29, 1.82) is 0 Å². The SMILES string of the molecule is CCC(C)NC(=O)CCNC(=O)CC1(O)CCCCC1. The lowest BCUT2D eigenvalue weighted by Gasteiger charge is -2.31. The number of carbonyl (C=O) groups is 2. The fourth-order valence-electron chi connectivity index (χ4n) is 2.51. The van der Waals surface area contributed by atoms with Gasteiger partial charge in [-0.1, -0.05) is 26.2 Å². The molecule has 0 aromatic rings. The van der Waals surface area contributed by atoms with Gasteiger partial charge in [0.05, 0.1) is 12.0 Å². The van der Waals surface area contributed by atoms with Crippen molar-refractivity contribution in [2.24, 2.45) is 0 Å². The van der Waals surface area contributed by atoms with Crippen LogP contribution in [0.25, 0.3) is 0 Å². The van der Waals surface area contributed by atoms with E-state index < -0.39 is 5.60 Å². The van der Waals surface area contributed by atoms with Crippen LogP contribution in [-0.2, 0) is 9.59 Å². The Kier molecular flexibility index (Phi) is 6.99. The minimum atomic E-state index is -0.832. The Labute approximate surface area is 121 Å². The number of hydrogen-bond donors (Lipinski definition) is 3. The molecule has 1 aliphatic carbocycles. The van der Waals surface area contributed by atoms with Gasteiger partial charge in [-0.05, 0) is 26.2 Å². The molecule has 0 saturated heterocycles. The maximum absolute atomic E-state index is 11.8. The summed E-state index contributed by atoms with van der Waals surface area (Å²) in [5.74, 6) is -0.207. The summed E-state index contributed by atoms with van der Waals surface area (Å²) in [6.07, 6.45) is 5.85. The van der Waals surface area contributed by atoms with Gasteiger partial charge in [0.1, 0.15) is 0 Å². The van der Waals surface area contributed by atoms with E-state index in [-0.39, 0.29) is 30.7 Å². The van der Waals surface area contributed by atoms with Gasteiger partial charge >= 0.3 is 0 Å². The summed E-state index contributed by atoms with van der Waals surface area (Å²) < 4.78 is 0. The Balaban J connectivity index is 2.18. The predicted octanol–water partition coefficient (Wildman–Crippen LogP) is 1.49. The van der Waals surface area contributed by atoms with Gasteiger partial charge in [-0.2, -0.15) is 0 Å². The van der Waals surface area contributed by atoms with Crippen molar-refractivity contribution in [2.75, 3.05) is 6.54 Å². The zero-order chi connectivity index (χ0) is 15.0. The first-order valence-corrected chi connectivity index (χ1v) is 7.73. The van der Waals surface area contributed by atoms with Crippen LogP contribution in [0.2, 0.25) is 0 Å². The molecule has 5 heteroatoms. The van der Waals surface area contributed by atoms with Gasteiger partial charge in [0.25, 0.3) is 0 Å². The molecule has 1 unspecified atom stereocenters. The van der Waals surface area contributed by atoms with E-state index in [1.807, 2.05) is 13.8 Å². The average molecular weight is 284 g/mol. The third-order valence-electron chi connectivity index (χ3n) is 3.97. The fourth-order valence-corrected chi connectivity index (χ4v) is 2.51. The van der Waals surface area contributed by atoms with E-state index >= 15 is 0 Å². The molecule has 0 aliphatic heterocycles. The average Bonchev–Trinajstić information content (AvgIpc) is 2.38. The topological polar surface area (TPSA) is 78.4 Å². The summed E-state index contributed by atoms with van der Waals surface area (Å²) in [5.41, 5.74) is -0.832. The highest BCUT2D eigenvalue weighted by molar-refractivity contribution is 5.79. The number of hydrogen-bond acceptors (Lipinski definition) is 3. The second kappa shape index (κ2) is 8.25. The molecule has 20 heavy (non-hydrogen) atoms. The quantitative estimate of drug-likeness (QED) is 0.663. The van der Waals surface area contributed by atoms with Crippen molar-refractivity contribution >= 4 is 11.8 Å². The van der Waals surface area contributed by atoms with Gasteiger partial charge < -0.3 is 15.7 Å². The van der Waals surface area contributed by atoms with Crippen LogP contribution in [0.3, 0.4) is 0 Å². The van der Waals surface area contributed by atoms with Gasteiger partial charge in [0.2, 0.25) is 11.8 Å². The van der Waals surface area contributed by atoms with E-state index in [9.17, 15) is 14.7 Å². The van der Waals surface area contributed by atoms with E-state index in [2.05, 4.69) is 10.6 Å². The first-order valence-electron chi connectivity index (χ1n) is 7.73. The number of nitrogens with one attached hydrogen (secondary N) is 2. The maximum Gasteiger partial charge on any atom is 0.222 e. The summed E-state index contributed by atoms with van der Waals surface area (Å²) in [5, 5.41) is 15.8. The van der Waals surface area contributed by atoms with Crippen molar-refractivity contribution in [3.63, 3.8) is 0 Å². The Hall–Kier alpha value is -1.10. The van der Waals surface area contributed by atoms with E-state index in [1.165, 1.54) is 0 Å². The predicted molar refractivity (Wildman–Crippen MR) is 78.2 cm³/mol. The van der Waals surface area contributed by atoms with E-state index in [4.69, 9.17) is 0 Å². The lowest BCUT2D eigenvalue weighted by molar-refractivity contribution is -0.127. The zero-order valence-corrected chi connectivity index (χ0v) is 12.7. The maximum atomic E-state index is 11.8. The number of aliphatic hydroxyl groups is 1. The molecule has 0 radical (unpaired) electrons. The summed E-state index contributed by atoms with van der Waals surface area (Å²) >= 11 is 0. The molecule has 0 aromatic heterocycles. The first kappa shape index (κ1) is 17.0. The van der Waals surface area contributed by atoms with Crippen LogP contribution < -0.4 is 10.6 Å². The van der Waals surface area contributed by atoms with Crippen molar-refractivity contribution in [1.82, 2.24) is 10.6 Å². The molecule has 1 fully saturated rings. The Morgan fingerprint density at radius 3 is 2.45 bits per heavy atom. The van der Waals surface area contributed by atoms with Gasteiger partial charge in [-0.15, -0.1) is 0 Å². The van der Waals surface area contributed by atoms with Gasteiger partial charge in [-0.3, -0.25) is 9.59 Å². The van der Waals surface area contributed by atoms with Gasteiger partial charge in [0.15, 0.2) is 0 Å². The molecule has 5 nitrogen and oxygen atoms in total. The van der Waals surface area contributed by atoms with Crippen LogP contribution in [0.4, 0.5) is 0 Å². The number of amides is 2. The largest absolute Gasteiger partial charge is 0.389 e. The molecule has 1 saturated carbocycles. The van der Waals surface area contributed by atoms with Crippen LogP contribution in [0.15, 0.2) is 0 Å². The lowest BCUT2D eigenvalue weighted by atomic mass is 9.82. The Morgan fingerprint density at radius 1 is 1.20 bits per heavy atom. The second-order valence-electron chi connectivity index (χ2n) is 5.94. The van der Waals surface area contributed by atoms with Gasteiger partial charge in [0, 0.05) is 19.0 Å². The monoisotopic (exact) mass is 284 g/mol. The smallest absolute Gasteiger partial charge is 0.222 e. The summed E-state index contributed by atoms with van der Waals surface area (Å²) in [7, 11) is 0. The normalized spacial score (nSPS) is 19.1. The van der Waals surface area contributed by atoms with Crippen LogP contribution in [0, 0.1) is 0 Å². The molecule has 1 atom stereocenters. The second-order valence-corrected chi connectivity index (χ2v) is 5.94. The molecule has 116 valence electrons. The van der Waals surface area contributed by atoms with E-state index in [1.54, 1.807) is 0 Å². The van der Waals surface area contributed by atoms with Crippen molar-refractivity contribution in [2.45, 2.75) is 76.9 Å². The minimum Gasteiger partial charge on any atom is -0.389 e. The lowest BCUT2D eigenvalue weighted by Crippen LogP contribution is -2.40. The highest BCUT2D eigenvalue weighted by Crippen LogP contribution is 2.30. The third kappa shape index (κ3) is 6.37. The molecule has 0 heterocycles. The third-order valence-corrected chi connectivity index (χ3v) is 3.97. The number of rotatable bonds is 7. The molecule has 2 amide bonds. The van der Waals surface area contributed by atoms with Crippen molar-refractivity contribution in [3.8, 4) is 0 Å². The van der Waals surface area contributed by atoms with Crippen molar-refractivity contribution in [3.05, 3.63) is 0 Å². The molecular weight excluding hydrogens is 256 g/mol. The van der Waals surface area contributed by atoms with Crippen molar-refractivity contribution < 1.29 is 14.7 Å². The van der Waals surface area contributed by atoms with Crippen LogP contribution >= 0.6 is 0 Å². The zero-order valence-electron chi connectivity index (χ0n) is 12.7. The molecule has 0 spiro atoms. The molecule has 1 aliphatic rings. The Morgan fingerprint density at radius 2 is 1.85 bits per heavy atom. The van der Waals surface area contributed by atoms with Crippen LogP contribution in [0.5, 0.6) is 0 Å². The molecular formula is C15H28N2O3. The van der Waals surface area contributed by atoms with Crippen LogP contribution in [0.1, 0.15) is 65.2 Å². The first-order chi connectivity index (χ1) is 9.45. The van der Waals surface area contributed by atoms with E-state index in [0.717, 1.165) is 25.7 Å². The van der Waals surface area contributed by atoms with E-state index in [0.29, 0.717) is 19.4 Å². The molecule has 3 N–H and O–H groups in total. The highest BCUT2D eigenvalue weighted by atomic mass is 16.3. The molecule has 1 rings (SSSR count). The minimum absolute atomic E-state index is 0.0453. The summed E-state index contributed by atoms with van der Waals surface area (Å²) in [4.78, 5) is 23.3. The number of carbonyl (C=O) groups excluding carboxylic acids is 2. The summed E-state index contributed by atoms with van der Waals surface area (Å²) in [6, 6.07) is 0.168. The highest BCUT2D eigenvalue weighted by Gasteiger charge is 2.31. The standard InChI is InChI=1S/C15H28N2O3/c1-3-12(2)17-13(18)7-10-16-14(19)11-15(20)8-5-4-6-9-15/h12,20H,3-11H2,1-2H3,(H,16,19)(H,17,18). The fraction of sp³-hybridized carbons (Fsp3) is 0.867. The summed E-state index contributed by atoms with van der Waals surface area (Å²) in [6.45, 7) is 4.30. The van der Waals surface area contributed by atoms with Gasteiger partial charge in [-0.25, -0.2) is 0 Å². The molecule has 0 bridgehead atoms. The Bertz CT molecular complexity index is 325. The van der Waals surface area contributed by atoms with Crippen LogP contribution in [-0.4, -0.2) is 35.1 Å².